The molecule has 0 spiro atoms. The van der Waals surface area contributed by atoms with Gasteiger partial charge < -0.3 is 21.3 Å². The number of amides is 2. The summed E-state index contributed by atoms with van der Waals surface area (Å²) in [5.74, 6) is -0.183. The molecule has 0 saturated heterocycles. The van der Waals surface area contributed by atoms with E-state index in [0.29, 0.717) is 17.9 Å². The van der Waals surface area contributed by atoms with Crippen molar-refractivity contribution in [2.45, 2.75) is 38.6 Å². The largest absolute Gasteiger partial charge is 0.328 e. The van der Waals surface area contributed by atoms with Crippen molar-refractivity contribution >= 4 is 48.0 Å². The summed E-state index contributed by atoms with van der Waals surface area (Å²) in [6, 6.07) is 5.72. The Bertz CT molecular complexity index is 611. The van der Waals surface area contributed by atoms with E-state index in [1.54, 1.807) is 4.90 Å². The molecule has 0 aromatic heterocycles. The van der Waals surface area contributed by atoms with Crippen LogP contribution in [-0.2, 0) is 9.59 Å². The number of nitrogens with two attached hydrogens (primary N) is 1. The maximum atomic E-state index is 12.6. The zero-order valence-electron chi connectivity index (χ0n) is 15.6. The molecule has 1 aromatic rings. The van der Waals surface area contributed by atoms with E-state index in [-0.39, 0.29) is 48.6 Å². The van der Waals surface area contributed by atoms with Crippen molar-refractivity contribution in [2.24, 2.45) is 11.7 Å². The number of benzene rings is 1. The molecular weight excluding hydrogens is 375 g/mol. The molecule has 6 nitrogen and oxygen atoms in total. The van der Waals surface area contributed by atoms with E-state index in [2.05, 4.69) is 10.6 Å². The quantitative estimate of drug-likeness (QED) is 0.703. The average Bonchev–Trinajstić information content (AvgIpc) is 2.49. The summed E-state index contributed by atoms with van der Waals surface area (Å²) in [5, 5.41) is 5.84. The predicted molar refractivity (Wildman–Crippen MR) is 111 cm³/mol. The Kier molecular flexibility index (Phi) is 10.8. The molecule has 1 aliphatic carbocycles. The normalized spacial score (nSPS) is 19.1. The second-order valence-electron chi connectivity index (χ2n) is 6.95. The monoisotopic (exact) mass is 404 g/mol. The molecule has 1 aliphatic rings. The highest BCUT2D eigenvalue weighted by Gasteiger charge is 2.26. The van der Waals surface area contributed by atoms with Gasteiger partial charge in [-0.25, -0.2) is 0 Å². The third-order valence-electron chi connectivity index (χ3n) is 4.25. The van der Waals surface area contributed by atoms with Crippen LogP contribution >= 0.6 is 24.8 Å². The summed E-state index contributed by atoms with van der Waals surface area (Å²) in [7, 11) is 3.67. The Labute approximate surface area is 168 Å². The molecule has 148 valence electrons. The second-order valence-corrected chi connectivity index (χ2v) is 6.95. The predicted octanol–water partition coefficient (Wildman–Crippen LogP) is 2.79. The SMILES string of the molecule is Cc1ccc(NC(=O)CN(C)C)c(NC(=O)[C@@H]2CCC[C@H](N)C2)c1.Cl.Cl. The number of likely N-dealkylation sites (N-methyl/N-ethyl adjacent to an activating group) is 1. The molecule has 0 unspecified atom stereocenters. The molecule has 2 amide bonds. The molecule has 0 radical (unpaired) electrons. The lowest BCUT2D eigenvalue weighted by Crippen LogP contribution is -2.34. The zero-order valence-corrected chi connectivity index (χ0v) is 17.2. The van der Waals surface area contributed by atoms with E-state index in [4.69, 9.17) is 5.73 Å². The van der Waals surface area contributed by atoms with Gasteiger partial charge in [-0.2, -0.15) is 0 Å². The highest BCUT2D eigenvalue weighted by molar-refractivity contribution is 6.00. The summed E-state index contributed by atoms with van der Waals surface area (Å²) in [6.07, 6.45) is 3.56. The smallest absolute Gasteiger partial charge is 0.238 e. The van der Waals surface area contributed by atoms with Crippen LogP contribution in [0.25, 0.3) is 0 Å². The first kappa shape index (κ1) is 24.7. The molecule has 1 fully saturated rings. The fourth-order valence-corrected chi connectivity index (χ4v) is 3.05. The minimum atomic E-state index is -0.112. The number of nitrogens with zero attached hydrogens (tertiary/aromatic N) is 1. The number of hydrogen-bond donors (Lipinski definition) is 3. The number of carbonyl (C=O) groups excluding carboxylic acids is 2. The molecule has 0 aliphatic heterocycles. The average molecular weight is 405 g/mol. The number of nitrogens with one attached hydrogen (secondary N) is 2. The van der Waals surface area contributed by atoms with Gasteiger partial charge in [-0.3, -0.25) is 9.59 Å². The van der Waals surface area contributed by atoms with Crippen molar-refractivity contribution in [3.05, 3.63) is 23.8 Å². The third kappa shape index (κ3) is 7.50. The van der Waals surface area contributed by atoms with E-state index in [9.17, 15) is 9.59 Å². The fourth-order valence-electron chi connectivity index (χ4n) is 3.05. The summed E-state index contributed by atoms with van der Waals surface area (Å²) in [6.45, 7) is 2.25. The minimum Gasteiger partial charge on any atom is -0.328 e. The molecule has 2 atom stereocenters. The first-order valence-corrected chi connectivity index (χ1v) is 8.47. The van der Waals surface area contributed by atoms with Crippen LogP contribution < -0.4 is 16.4 Å². The molecule has 26 heavy (non-hydrogen) atoms. The van der Waals surface area contributed by atoms with Gasteiger partial charge in [0.05, 0.1) is 17.9 Å². The second kappa shape index (κ2) is 11.4. The van der Waals surface area contributed by atoms with Crippen molar-refractivity contribution in [1.82, 2.24) is 4.90 Å². The summed E-state index contributed by atoms with van der Waals surface area (Å²) < 4.78 is 0. The number of carbonyl (C=O) groups is 2. The van der Waals surface area contributed by atoms with Crippen LogP contribution in [0.1, 0.15) is 31.2 Å². The highest BCUT2D eigenvalue weighted by atomic mass is 35.5. The summed E-state index contributed by atoms with van der Waals surface area (Å²) >= 11 is 0. The van der Waals surface area contributed by atoms with Gasteiger partial charge in [-0.15, -0.1) is 24.8 Å². The van der Waals surface area contributed by atoms with Gasteiger partial charge in [0.25, 0.3) is 0 Å². The van der Waals surface area contributed by atoms with Crippen LogP contribution in [0.5, 0.6) is 0 Å². The topological polar surface area (TPSA) is 87.5 Å². The van der Waals surface area contributed by atoms with E-state index >= 15 is 0 Å². The molecule has 1 aromatic carbocycles. The van der Waals surface area contributed by atoms with Crippen molar-refractivity contribution in [1.29, 1.82) is 0 Å². The maximum Gasteiger partial charge on any atom is 0.238 e. The first-order valence-electron chi connectivity index (χ1n) is 8.47. The van der Waals surface area contributed by atoms with Crippen LogP contribution in [-0.4, -0.2) is 43.4 Å². The highest BCUT2D eigenvalue weighted by Crippen LogP contribution is 2.27. The Hall–Kier alpha value is -1.34. The van der Waals surface area contributed by atoms with Gasteiger partial charge in [0, 0.05) is 12.0 Å². The number of hydrogen-bond acceptors (Lipinski definition) is 4. The van der Waals surface area contributed by atoms with Gasteiger partial charge in [-0.05, 0) is 58.0 Å². The van der Waals surface area contributed by atoms with E-state index in [1.165, 1.54) is 0 Å². The Morgan fingerprint density at radius 2 is 1.85 bits per heavy atom. The molecule has 4 N–H and O–H groups in total. The van der Waals surface area contributed by atoms with Crippen molar-refractivity contribution in [2.75, 3.05) is 31.3 Å². The molecular formula is C18H30Cl2N4O2. The standard InChI is InChI=1S/C18H28N4O2.2ClH/c1-12-7-8-15(20-17(23)11-22(2)3)16(9-12)21-18(24)13-5-4-6-14(19)10-13;;/h7-9,13-14H,4-6,10-11,19H2,1-3H3,(H,20,23)(H,21,24);2*1H/t13-,14+;;/m1../s1. The molecule has 8 heteroatoms. The maximum absolute atomic E-state index is 12.6. The Morgan fingerprint density at radius 3 is 2.46 bits per heavy atom. The Balaban J connectivity index is 0.00000312. The van der Waals surface area contributed by atoms with Crippen LogP contribution in [0, 0.1) is 12.8 Å². The number of anilines is 2. The molecule has 1 saturated carbocycles. The van der Waals surface area contributed by atoms with E-state index in [0.717, 1.165) is 31.2 Å². The number of halogens is 2. The van der Waals surface area contributed by atoms with Gasteiger partial charge >= 0.3 is 0 Å². The molecule has 2 rings (SSSR count). The van der Waals surface area contributed by atoms with Crippen molar-refractivity contribution in [3.63, 3.8) is 0 Å². The van der Waals surface area contributed by atoms with Crippen molar-refractivity contribution < 1.29 is 9.59 Å². The number of rotatable bonds is 5. The van der Waals surface area contributed by atoms with Crippen LogP contribution in [0.3, 0.4) is 0 Å². The van der Waals surface area contributed by atoms with Gasteiger partial charge in [0.15, 0.2) is 0 Å². The van der Waals surface area contributed by atoms with Gasteiger partial charge in [0.1, 0.15) is 0 Å². The third-order valence-corrected chi connectivity index (χ3v) is 4.25. The lowest BCUT2D eigenvalue weighted by molar-refractivity contribution is -0.121. The van der Waals surface area contributed by atoms with Crippen LogP contribution in [0.15, 0.2) is 18.2 Å². The molecule has 0 heterocycles. The number of aryl methyl sites for hydroxylation is 1. The van der Waals surface area contributed by atoms with E-state index in [1.807, 2.05) is 39.2 Å². The van der Waals surface area contributed by atoms with E-state index < -0.39 is 0 Å². The summed E-state index contributed by atoms with van der Waals surface area (Å²) in [4.78, 5) is 26.4. The Morgan fingerprint density at radius 1 is 1.15 bits per heavy atom. The van der Waals surface area contributed by atoms with Crippen LogP contribution in [0.4, 0.5) is 11.4 Å². The fraction of sp³-hybridized carbons (Fsp3) is 0.556. The van der Waals surface area contributed by atoms with Crippen molar-refractivity contribution in [3.8, 4) is 0 Å². The van der Waals surface area contributed by atoms with Crippen LogP contribution in [0.2, 0.25) is 0 Å². The molecule has 0 bridgehead atoms. The lowest BCUT2D eigenvalue weighted by Gasteiger charge is -2.26. The summed E-state index contributed by atoms with van der Waals surface area (Å²) in [5.41, 5.74) is 8.28. The van der Waals surface area contributed by atoms with Gasteiger partial charge in [-0.1, -0.05) is 12.5 Å². The zero-order chi connectivity index (χ0) is 17.7. The first-order chi connectivity index (χ1) is 11.3. The van der Waals surface area contributed by atoms with Gasteiger partial charge in [0.2, 0.25) is 11.8 Å². The minimum absolute atomic E-state index is 0. The lowest BCUT2D eigenvalue weighted by atomic mass is 9.85.